The Morgan fingerprint density at radius 1 is 1.18 bits per heavy atom. The fourth-order valence-electron chi connectivity index (χ4n) is 1.48. The van der Waals surface area contributed by atoms with E-state index in [2.05, 4.69) is 15.2 Å². The van der Waals surface area contributed by atoms with Crippen LogP contribution in [0.5, 0.6) is 0 Å². The molecule has 0 atom stereocenters. The van der Waals surface area contributed by atoms with Gasteiger partial charge in [0, 0.05) is 25.9 Å². The molecule has 0 aliphatic carbocycles. The first-order valence-corrected chi connectivity index (χ1v) is 5.14. The van der Waals surface area contributed by atoms with Gasteiger partial charge < -0.3 is 4.90 Å². The monoisotopic (exact) mass is 228 g/mol. The molecule has 0 fully saturated rings. The van der Waals surface area contributed by atoms with Crippen molar-refractivity contribution in [2.75, 3.05) is 14.1 Å². The third-order valence-corrected chi connectivity index (χ3v) is 2.30. The first-order valence-electron chi connectivity index (χ1n) is 5.14. The molecule has 0 aliphatic heterocycles. The van der Waals surface area contributed by atoms with Crippen LogP contribution < -0.4 is 0 Å². The van der Waals surface area contributed by atoms with Crippen LogP contribution in [-0.4, -0.2) is 40.1 Å². The first-order chi connectivity index (χ1) is 8.20. The van der Waals surface area contributed by atoms with E-state index in [9.17, 15) is 4.79 Å². The van der Waals surface area contributed by atoms with E-state index < -0.39 is 0 Å². The van der Waals surface area contributed by atoms with Crippen molar-refractivity contribution in [2.45, 2.75) is 0 Å². The number of carbonyl (C=O) groups excluding carboxylic acids is 1. The van der Waals surface area contributed by atoms with E-state index in [1.807, 2.05) is 0 Å². The SMILES string of the molecule is CN(C)C(=O)c1cccnc1-c1ccnnc1. The summed E-state index contributed by atoms with van der Waals surface area (Å²) in [5, 5.41) is 7.50. The van der Waals surface area contributed by atoms with Crippen LogP contribution >= 0.6 is 0 Å². The predicted octanol–water partition coefficient (Wildman–Crippen LogP) is 1.24. The maximum absolute atomic E-state index is 12.0. The minimum absolute atomic E-state index is 0.0788. The highest BCUT2D eigenvalue weighted by molar-refractivity contribution is 5.99. The highest BCUT2D eigenvalue weighted by atomic mass is 16.2. The summed E-state index contributed by atoms with van der Waals surface area (Å²) < 4.78 is 0. The molecule has 2 aromatic rings. The van der Waals surface area contributed by atoms with Gasteiger partial charge in [-0.3, -0.25) is 9.78 Å². The zero-order chi connectivity index (χ0) is 12.3. The average Bonchev–Trinajstić information content (AvgIpc) is 2.39. The number of hydrogen-bond donors (Lipinski definition) is 0. The van der Waals surface area contributed by atoms with E-state index in [4.69, 9.17) is 0 Å². The van der Waals surface area contributed by atoms with E-state index in [-0.39, 0.29) is 5.91 Å². The third-order valence-electron chi connectivity index (χ3n) is 2.30. The zero-order valence-corrected chi connectivity index (χ0v) is 9.66. The minimum atomic E-state index is -0.0788. The molecular weight excluding hydrogens is 216 g/mol. The molecule has 0 bridgehead atoms. The molecule has 86 valence electrons. The lowest BCUT2D eigenvalue weighted by Crippen LogP contribution is -2.22. The summed E-state index contributed by atoms with van der Waals surface area (Å²) in [4.78, 5) is 17.7. The summed E-state index contributed by atoms with van der Waals surface area (Å²) in [5.41, 5.74) is 1.97. The molecule has 0 spiro atoms. The van der Waals surface area contributed by atoms with Gasteiger partial charge in [0.1, 0.15) is 0 Å². The molecule has 0 aliphatic rings. The maximum Gasteiger partial charge on any atom is 0.255 e. The van der Waals surface area contributed by atoms with E-state index >= 15 is 0 Å². The van der Waals surface area contributed by atoms with Crippen molar-refractivity contribution in [1.29, 1.82) is 0 Å². The summed E-state index contributed by atoms with van der Waals surface area (Å²) in [6.45, 7) is 0. The Kier molecular flexibility index (Phi) is 3.09. The van der Waals surface area contributed by atoms with Gasteiger partial charge in [-0.05, 0) is 18.2 Å². The number of rotatable bonds is 2. The number of hydrogen-bond acceptors (Lipinski definition) is 4. The molecule has 2 aromatic heterocycles. The summed E-state index contributed by atoms with van der Waals surface area (Å²) in [5.74, 6) is -0.0788. The molecule has 2 rings (SSSR count). The highest BCUT2D eigenvalue weighted by Crippen LogP contribution is 2.20. The normalized spacial score (nSPS) is 10.0. The molecule has 5 heteroatoms. The van der Waals surface area contributed by atoms with Crippen LogP contribution in [0.15, 0.2) is 36.8 Å². The second kappa shape index (κ2) is 4.69. The average molecular weight is 228 g/mol. The van der Waals surface area contributed by atoms with Crippen molar-refractivity contribution >= 4 is 5.91 Å². The fraction of sp³-hybridized carbons (Fsp3) is 0.167. The van der Waals surface area contributed by atoms with Crippen LogP contribution in [0.2, 0.25) is 0 Å². The van der Waals surface area contributed by atoms with Crippen molar-refractivity contribution in [2.24, 2.45) is 0 Å². The summed E-state index contributed by atoms with van der Waals surface area (Å²) >= 11 is 0. The Labute approximate surface area is 99.1 Å². The molecule has 17 heavy (non-hydrogen) atoms. The largest absolute Gasteiger partial charge is 0.345 e. The molecule has 5 nitrogen and oxygen atoms in total. The molecule has 0 saturated heterocycles. The lowest BCUT2D eigenvalue weighted by atomic mass is 10.1. The Balaban J connectivity index is 2.52. The van der Waals surface area contributed by atoms with Crippen LogP contribution in [0.3, 0.4) is 0 Å². The highest BCUT2D eigenvalue weighted by Gasteiger charge is 2.15. The van der Waals surface area contributed by atoms with Crippen LogP contribution in [-0.2, 0) is 0 Å². The van der Waals surface area contributed by atoms with Crippen LogP contribution in [0, 0.1) is 0 Å². The minimum Gasteiger partial charge on any atom is -0.345 e. The van der Waals surface area contributed by atoms with Gasteiger partial charge in [-0.25, -0.2) is 0 Å². The molecule has 0 saturated carbocycles. The van der Waals surface area contributed by atoms with Gasteiger partial charge in [0.05, 0.1) is 23.7 Å². The van der Waals surface area contributed by atoms with Crippen molar-refractivity contribution < 1.29 is 4.79 Å². The number of pyridine rings is 1. The van der Waals surface area contributed by atoms with Crippen molar-refractivity contribution in [3.8, 4) is 11.3 Å². The Bertz CT molecular complexity index is 525. The number of carbonyl (C=O) groups is 1. The number of aromatic nitrogens is 3. The second-order valence-electron chi connectivity index (χ2n) is 3.73. The van der Waals surface area contributed by atoms with Gasteiger partial charge in [-0.1, -0.05) is 0 Å². The van der Waals surface area contributed by atoms with Gasteiger partial charge in [0.15, 0.2) is 0 Å². The van der Waals surface area contributed by atoms with Gasteiger partial charge in [0.2, 0.25) is 0 Å². The Hall–Kier alpha value is -2.30. The predicted molar refractivity (Wildman–Crippen MR) is 63.3 cm³/mol. The third kappa shape index (κ3) is 2.28. The topological polar surface area (TPSA) is 59.0 Å². The Morgan fingerprint density at radius 3 is 2.65 bits per heavy atom. The molecule has 0 aromatic carbocycles. The molecule has 2 heterocycles. The molecule has 0 radical (unpaired) electrons. The van der Waals surface area contributed by atoms with Gasteiger partial charge >= 0.3 is 0 Å². The van der Waals surface area contributed by atoms with Gasteiger partial charge in [-0.15, -0.1) is 0 Å². The quantitative estimate of drug-likeness (QED) is 0.776. The van der Waals surface area contributed by atoms with Crippen molar-refractivity contribution in [1.82, 2.24) is 20.1 Å². The summed E-state index contributed by atoms with van der Waals surface area (Å²) in [6.07, 6.45) is 4.82. The van der Waals surface area contributed by atoms with E-state index in [0.717, 1.165) is 5.56 Å². The standard InChI is InChI=1S/C12H12N4O/c1-16(2)12(17)10-4-3-6-13-11(10)9-5-7-14-15-8-9/h3-8H,1-2H3. The lowest BCUT2D eigenvalue weighted by Gasteiger charge is -2.12. The lowest BCUT2D eigenvalue weighted by molar-refractivity contribution is 0.0828. The smallest absolute Gasteiger partial charge is 0.255 e. The van der Waals surface area contributed by atoms with Crippen LogP contribution in [0.1, 0.15) is 10.4 Å². The van der Waals surface area contributed by atoms with E-state index in [0.29, 0.717) is 11.3 Å². The summed E-state index contributed by atoms with van der Waals surface area (Å²) in [7, 11) is 3.42. The van der Waals surface area contributed by atoms with Gasteiger partial charge in [0.25, 0.3) is 5.91 Å². The zero-order valence-electron chi connectivity index (χ0n) is 9.66. The fourth-order valence-corrected chi connectivity index (χ4v) is 1.48. The van der Waals surface area contributed by atoms with Gasteiger partial charge in [-0.2, -0.15) is 10.2 Å². The molecular formula is C12H12N4O. The Morgan fingerprint density at radius 2 is 2.00 bits per heavy atom. The van der Waals surface area contributed by atoms with E-state index in [1.165, 1.54) is 4.90 Å². The van der Waals surface area contributed by atoms with Crippen LogP contribution in [0.25, 0.3) is 11.3 Å². The van der Waals surface area contributed by atoms with E-state index in [1.54, 1.807) is 50.9 Å². The first kappa shape index (κ1) is 11.2. The van der Waals surface area contributed by atoms with Crippen LogP contribution in [0.4, 0.5) is 0 Å². The molecule has 0 unspecified atom stereocenters. The maximum atomic E-state index is 12.0. The summed E-state index contributed by atoms with van der Waals surface area (Å²) in [6, 6.07) is 5.28. The molecule has 0 N–H and O–H groups in total. The van der Waals surface area contributed by atoms with Crippen molar-refractivity contribution in [3.05, 3.63) is 42.4 Å². The molecule has 1 amide bonds. The number of amides is 1. The number of nitrogens with zero attached hydrogens (tertiary/aromatic N) is 4. The second-order valence-corrected chi connectivity index (χ2v) is 3.73. The van der Waals surface area contributed by atoms with Crippen molar-refractivity contribution in [3.63, 3.8) is 0 Å².